The first kappa shape index (κ1) is 23.1. The lowest BCUT2D eigenvalue weighted by Crippen LogP contribution is -2.37. The van der Waals surface area contributed by atoms with E-state index in [-0.39, 0.29) is 12.1 Å². The van der Waals surface area contributed by atoms with E-state index in [1.165, 1.54) is 11.1 Å². The van der Waals surface area contributed by atoms with Gasteiger partial charge in [0.15, 0.2) is 0 Å². The number of nitrogens with two attached hydrogens (primary N) is 1. The van der Waals surface area contributed by atoms with Crippen molar-refractivity contribution in [1.82, 2.24) is 14.9 Å². The Labute approximate surface area is 195 Å². The Balaban J connectivity index is 1.79. The third-order valence-electron chi connectivity index (χ3n) is 6.63. The van der Waals surface area contributed by atoms with Crippen LogP contribution in [0.2, 0.25) is 0 Å². The molecule has 0 saturated carbocycles. The Kier molecular flexibility index (Phi) is 7.16. The summed E-state index contributed by atoms with van der Waals surface area (Å²) in [6, 6.07) is 14.3. The van der Waals surface area contributed by atoms with Gasteiger partial charge in [0.1, 0.15) is 0 Å². The molecule has 2 N–H and O–H groups in total. The summed E-state index contributed by atoms with van der Waals surface area (Å²) in [5.41, 5.74) is 12.8. The van der Waals surface area contributed by atoms with E-state index in [1.807, 2.05) is 42.7 Å². The van der Waals surface area contributed by atoms with Crippen LogP contribution < -0.4 is 5.73 Å². The minimum atomic E-state index is -0.430. The monoisotopic (exact) mass is 444 g/mol. The van der Waals surface area contributed by atoms with Crippen LogP contribution in [0, 0.1) is 13.8 Å². The maximum Gasteiger partial charge on any atom is 0.248 e. The predicted molar refractivity (Wildman–Crippen MR) is 128 cm³/mol. The largest absolute Gasteiger partial charge is 0.380 e. The summed E-state index contributed by atoms with van der Waals surface area (Å²) in [7, 11) is 1.67. The van der Waals surface area contributed by atoms with Crippen molar-refractivity contribution in [2.24, 2.45) is 5.73 Å². The first-order chi connectivity index (χ1) is 16.0. The van der Waals surface area contributed by atoms with E-state index >= 15 is 0 Å². The Morgan fingerprint density at radius 1 is 1.00 bits per heavy atom. The average molecular weight is 445 g/mol. The van der Waals surface area contributed by atoms with E-state index in [2.05, 4.69) is 30.9 Å². The van der Waals surface area contributed by atoms with Crippen molar-refractivity contribution < 1.29 is 9.53 Å². The number of amides is 1. The van der Waals surface area contributed by atoms with Crippen molar-refractivity contribution in [2.75, 3.05) is 7.11 Å². The lowest BCUT2D eigenvalue weighted by molar-refractivity contribution is 0.0668. The molecule has 1 fully saturated rings. The number of carbonyl (C=O) groups is 1. The molecular weight excluding hydrogens is 412 g/mol. The van der Waals surface area contributed by atoms with Gasteiger partial charge in [-0.3, -0.25) is 19.7 Å². The lowest BCUT2D eigenvalue weighted by Gasteiger charge is -2.43. The van der Waals surface area contributed by atoms with Crippen molar-refractivity contribution in [2.45, 2.75) is 58.3 Å². The highest BCUT2D eigenvalue weighted by Gasteiger charge is 2.35. The van der Waals surface area contributed by atoms with Crippen LogP contribution in [-0.2, 0) is 17.9 Å². The maximum atomic E-state index is 11.8. The molecular formula is C27H32N4O2. The van der Waals surface area contributed by atoms with Crippen molar-refractivity contribution in [1.29, 1.82) is 0 Å². The first-order valence-corrected chi connectivity index (χ1v) is 11.5. The van der Waals surface area contributed by atoms with Gasteiger partial charge in [-0.1, -0.05) is 18.2 Å². The normalized spacial score (nSPS) is 18.9. The summed E-state index contributed by atoms with van der Waals surface area (Å²) in [6.45, 7) is 5.40. The summed E-state index contributed by atoms with van der Waals surface area (Å²) in [5, 5.41) is 0. The number of carbonyl (C=O) groups excluding carboxylic acids is 1. The zero-order chi connectivity index (χ0) is 23.4. The molecule has 2 atom stereocenters. The van der Waals surface area contributed by atoms with Crippen LogP contribution in [0.3, 0.4) is 0 Å². The van der Waals surface area contributed by atoms with Gasteiger partial charge in [-0.2, -0.15) is 0 Å². The molecule has 4 rings (SSSR count). The topological polar surface area (TPSA) is 81.3 Å². The maximum absolute atomic E-state index is 11.8. The van der Waals surface area contributed by atoms with Crippen LogP contribution >= 0.6 is 0 Å². The van der Waals surface area contributed by atoms with Crippen molar-refractivity contribution in [3.8, 4) is 0 Å². The fraction of sp³-hybridized carbons (Fsp3) is 0.370. The number of hydrogen-bond acceptors (Lipinski definition) is 5. The molecule has 0 radical (unpaired) electrons. The van der Waals surface area contributed by atoms with Crippen molar-refractivity contribution >= 4 is 5.91 Å². The molecule has 2 aromatic heterocycles. The Bertz CT molecular complexity index is 1080. The van der Waals surface area contributed by atoms with Crippen molar-refractivity contribution in [3.63, 3.8) is 0 Å². The first-order valence-electron chi connectivity index (χ1n) is 11.5. The molecule has 172 valence electrons. The molecule has 3 heterocycles. The molecule has 2 unspecified atom stereocenters. The van der Waals surface area contributed by atoms with Crippen LogP contribution in [0.15, 0.2) is 54.9 Å². The molecule has 0 aliphatic carbocycles. The number of pyridine rings is 2. The van der Waals surface area contributed by atoms with Crippen molar-refractivity contribution in [3.05, 3.63) is 94.1 Å². The number of aryl methyl sites for hydroxylation is 2. The van der Waals surface area contributed by atoms with Crippen LogP contribution in [-0.4, -0.2) is 27.9 Å². The number of hydrogen-bond donors (Lipinski definition) is 1. The Hall–Kier alpha value is -3.09. The van der Waals surface area contributed by atoms with Gasteiger partial charge in [-0.05, 0) is 79.6 Å². The molecule has 1 aliphatic rings. The molecule has 1 saturated heterocycles. The highest BCUT2D eigenvalue weighted by Crippen LogP contribution is 2.43. The second kappa shape index (κ2) is 10.2. The number of rotatable bonds is 7. The number of nitrogens with zero attached hydrogens (tertiary/aromatic N) is 3. The number of ether oxygens (including phenoxy) is 1. The van der Waals surface area contributed by atoms with Gasteiger partial charge in [0.2, 0.25) is 5.91 Å². The van der Waals surface area contributed by atoms with Crippen LogP contribution in [0.1, 0.15) is 75.3 Å². The lowest BCUT2D eigenvalue weighted by atomic mass is 9.88. The summed E-state index contributed by atoms with van der Waals surface area (Å²) in [6.07, 6.45) is 6.96. The van der Waals surface area contributed by atoms with E-state index < -0.39 is 5.91 Å². The number of benzene rings is 1. The Morgan fingerprint density at radius 2 is 1.61 bits per heavy atom. The summed E-state index contributed by atoms with van der Waals surface area (Å²) < 4.78 is 5.46. The van der Waals surface area contributed by atoms with Crippen LogP contribution in [0.5, 0.6) is 0 Å². The third kappa shape index (κ3) is 4.97. The standard InChI is InChI=1S/C27H32N4O2/c1-18-7-5-13-29-25(18)23-9-4-10-24(26-19(2)8-6-14-30-26)31(23)16-21-12-11-20(27(28)32)15-22(21)17-33-3/h5-8,11-15,23-24H,4,9-10,16-17H2,1-3H3,(H2,28,32). The second-order valence-corrected chi connectivity index (χ2v) is 8.83. The predicted octanol–water partition coefficient (Wildman–Crippen LogP) is 4.81. The fourth-order valence-corrected chi connectivity index (χ4v) is 4.97. The van der Waals surface area contributed by atoms with Crippen LogP contribution in [0.25, 0.3) is 0 Å². The van der Waals surface area contributed by atoms with Crippen LogP contribution in [0.4, 0.5) is 0 Å². The molecule has 6 heteroatoms. The van der Waals surface area contributed by atoms with E-state index in [9.17, 15) is 4.79 Å². The van der Waals surface area contributed by atoms with E-state index in [0.29, 0.717) is 18.7 Å². The Morgan fingerprint density at radius 3 is 2.12 bits per heavy atom. The number of primary amides is 1. The zero-order valence-corrected chi connectivity index (χ0v) is 19.6. The molecule has 6 nitrogen and oxygen atoms in total. The number of piperidine rings is 1. The number of aromatic nitrogens is 2. The van der Waals surface area contributed by atoms with E-state index in [0.717, 1.165) is 41.8 Å². The van der Waals surface area contributed by atoms with Gasteiger partial charge < -0.3 is 10.5 Å². The summed E-state index contributed by atoms with van der Waals surface area (Å²) in [4.78, 5) is 23.9. The van der Waals surface area contributed by atoms with Gasteiger partial charge in [-0.15, -0.1) is 0 Å². The van der Waals surface area contributed by atoms with E-state index in [4.69, 9.17) is 20.4 Å². The van der Waals surface area contributed by atoms with Gasteiger partial charge in [0, 0.05) is 31.6 Å². The summed E-state index contributed by atoms with van der Waals surface area (Å²) >= 11 is 0. The number of methoxy groups -OCH3 is 1. The molecule has 33 heavy (non-hydrogen) atoms. The molecule has 1 aromatic carbocycles. The molecule has 3 aromatic rings. The van der Waals surface area contributed by atoms with Gasteiger partial charge in [0.25, 0.3) is 0 Å². The zero-order valence-electron chi connectivity index (χ0n) is 19.6. The summed E-state index contributed by atoms with van der Waals surface area (Å²) in [5.74, 6) is -0.430. The van der Waals surface area contributed by atoms with Gasteiger partial charge >= 0.3 is 0 Å². The minimum Gasteiger partial charge on any atom is -0.380 e. The highest BCUT2D eigenvalue weighted by molar-refractivity contribution is 5.93. The molecule has 1 amide bonds. The van der Waals surface area contributed by atoms with Gasteiger partial charge in [0.05, 0.1) is 30.1 Å². The second-order valence-electron chi connectivity index (χ2n) is 8.83. The smallest absolute Gasteiger partial charge is 0.248 e. The third-order valence-corrected chi connectivity index (χ3v) is 6.63. The SMILES string of the molecule is COCc1cc(C(N)=O)ccc1CN1C(c2ncccc2C)CCCC1c1ncccc1C. The molecule has 1 aliphatic heterocycles. The minimum absolute atomic E-state index is 0.178. The molecule has 0 spiro atoms. The number of likely N-dealkylation sites (tertiary alicyclic amines) is 1. The average Bonchev–Trinajstić information content (AvgIpc) is 2.81. The van der Waals surface area contributed by atoms with E-state index in [1.54, 1.807) is 7.11 Å². The fourth-order valence-electron chi connectivity index (χ4n) is 4.97. The highest BCUT2D eigenvalue weighted by atomic mass is 16.5. The quantitative estimate of drug-likeness (QED) is 0.566. The molecule has 0 bridgehead atoms. The van der Waals surface area contributed by atoms with Gasteiger partial charge in [-0.25, -0.2) is 0 Å².